The number of aliphatic carboxylic acids is 1. The first-order valence-electron chi connectivity index (χ1n) is 17.0. The number of unbranched alkanes of at least 4 members (excludes halogenated alkanes) is 1. The van der Waals surface area contributed by atoms with Gasteiger partial charge in [-0.1, -0.05) is 80.4 Å². The Balaban J connectivity index is 1.72. The maximum absolute atomic E-state index is 13.8. The summed E-state index contributed by atoms with van der Waals surface area (Å²) in [6.07, 6.45) is 4.84. The smallest absolute Gasteiger partial charge is 0.306 e. The highest BCUT2D eigenvalue weighted by atomic mass is 16.4. The minimum Gasteiger partial charge on any atom is -0.481 e. The number of hydrogen-bond donors (Lipinski definition) is 5. The molecule has 0 radical (unpaired) electrons. The number of carboxylic acid groups (broad SMARTS) is 1. The number of benzene rings is 2. The molecule has 0 heterocycles. The third-order valence-electron chi connectivity index (χ3n) is 9.11. The van der Waals surface area contributed by atoms with Crippen molar-refractivity contribution >= 4 is 29.4 Å². The fourth-order valence-corrected chi connectivity index (χ4v) is 6.27. The molecular weight excluding hydrogens is 596 g/mol. The van der Waals surface area contributed by atoms with Crippen molar-refractivity contribution in [1.82, 2.24) is 10.6 Å². The quantitative estimate of drug-likeness (QED) is 0.136. The summed E-state index contributed by atoms with van der Waals surface area (Å²) in [6.45, 7) is 2.36. The highest BCUT2D eigenvalue weighted by molar-refractivity contribution is 5.94. The summed E-state index contributed by atoms with van der Waals surface area (Å²) in [5, 5.41) is 15.3. The van der Waals surface area contributed by atoms with Crippen molar-refractivity contribution < 1.29 is 29.1 Å². The molecular formula is C37H52N4O6. The van der Waals surface area contributed by atoms with E-state index in [-0.39, 0.29) is 36.4 Å². The predicted molar refractivity (Wildman–Crippen MR) is 181 cm³/mol. The third kappa shape index (κ3) is 12.7. The van der Waals surface area contributed by atoms with Gasteiger partial charge in [0, 0.05) is 30.7 Å². The number of nitrogens with two attached hydrogens (primary N) is 2. The van der Waals surface area contributed by atoms with E-state index >= 15 is 0 Å². The van der Waals surface area contributed by atoms with Crippen molar-refractivity contribution in [1.29, 1.82) is 0 Å². The number of rotatable bonds is 21. The molecule has 2 aromatic carbocycles. The maximum Gasteiger partial charge on any atom is 0.306 e. The first-order chi connectivity index (χ1) is 22.6. The van der Waals surface area contributed by atoms with Gasteiger partial charge < -0.3 is 27.2 Å². The van der Waals surface area contributed by atoms with Crippen LogP contribution in [0.1, 0.15) is 82.3 Å². The lowest BCUT2D eigenvalue weighted by atomic mass is 9.88. The van der Waals surface area contributed by atoms with E-state index in [2.05, 4.69) is 10.6 Å². The van der Waals surface area contributed by atoms with Crippen LogP contribution in [0.15, 0.2) is 60.7 Å². The second-order valence-electron chi connectivity index (χ2n) is 12.9. The van der Waals surface area contributed by atoms with Crippen molar-refractivity contribution in [3.05, 3.63) is 71.8 Å². The lowest BCUT2D eigenvalue weighted by molar-refractivity contribution is -0.141. The molecule has 10 nitrogen and oxygen atoms in total. The number of ketones is 2. The van der Waals surface area contributed by atoms with E-state index in [0.717, 1.165) is 17.5 Å². The van der Waals surface area contributed by atoms with Crippen LogP contribution in [0.3, 0.4) is 0 Å². The van der Waals surface area contributed by atoms with Crippen LogP contribution < -0.4 is 22.1 Å². The Kier molecular flexibility index (Phi) is 15.7. The molecule has 0 unspecified atom stereocenters. The van der Waals surface area contributed by atoms with Crippen molar-refractivity contribution in [3.8, 4) is 0 Å². The molecule has 1 fully saturated rings. The zero-order valence-electron chi connectivity index (χ0n) is 27.6. The molecule has 1 aliphatic carbocycles. The molecule has 256 valence electrons. The summed E-state index contributed by atoms with van der Waals surface area (Å²) in [6, 6.07) is 17.1. The molecule has 0 spiro atoms. The number of amides is 2. The van der Waals surface area contributed by atoms with Gasteiger partial charge in [-0.3, -0.25) is 24.0 Å². The van der Waals surface area contributed by atoms with Crippen molar-refractivity contribution in [2.45, 2.75) is 102 Å². The highest BCUT2D eigenvalue weighted by Gasteiger charge is 2.34. The van der Waals surface area contributed by atoms with Gasteiger partial charge in [0.05, 0.1) is 18.0 Å². The zero-order valence-corrected chi connectivity index (χ0v) is 27.6. The van der Waals surface area contributed by atoms with Crippen LogP contribution >= 0.6 is 0 Å². The minimum atomic E-state index is -0.864. The van der Waals surface area contributed by atoms with Crippen LogP contribution in [0.25, 0.3) is 0 Å². The summed E-state index contributed by atoms with van der Waals surface area (Å²) < 4.78 is 0. The third-order valence-corrected chi connectivity index (χ3v) is 9.11. The van der Waals surface area contributed by atoms with Gasteiger partial charge in [0.25, 0.3) is 0 Å². The Hall–Kier alpha value is -3.89. The van der Waals surface area contributed by atoms with E-state index in [1.807, 2.05) is 67.6 Å². The number of nitrogens with one attached hydrogen (secondary N) is 2. The van der Waals surface area contributed by atoms with Gasteiger partial charge in [-0.15, -0.1) is 0 Å². The Morgan fingerprint density at radius 1 is 0.809 bits per heavy atom. The molecule has 1 saturated carbocycles. The second-order valence-corrected chi connectivity index (χ2v) is 12.9. The highest BCUT2D eigenvalue weighted by Crippen LogP contribution is 2.27. The zero-order chi connectivity index (χ0) is 34.2. The number of carboxylic acids is 1. The fourth-order valence-electron chi connectivity index (χ4n) is 6.27. The predicted octanol–water partition coefficient (Wildman–Crippen LogP) is 3.73. The molecule has 10 heteroatoms. The van der Waals surface area contributed by atoms with Gasteiger partial charge in [0.15, 0.2) is 11.6 Å². The molecule has 3 rings (SSSR count). The van der Waals surface area contributed by atoms with Crippen LogP contribution in [0.5, 0.6) is 0 Å². The van der Waals surface area contributed by atoms with Crippen LogP contribution in [0, 0.1) is 17.8 Å². The van der Waals surface area contributed by atoms with E-state index in [4.69, 9.17) is 11.5 Å². The number of carbonyl (C=O) groups excluding carboxylic acids is 4. The van der Waals surface area contributed by atoms with Crippen LogP contribution in [-0.2, 0) is 36.8 Å². The van der Waals surface area contributed by atoms with Gasteiger partial charge in [-0.05, 0) is 69.0 Å². The number of Topliss-reactive ketones (excluding diaryl/α,β-unsaturated/α-hetero) is 2. The average Bonchev–Trinajstić information content (AvgIpc) is 3.54. The molecule has 1 aliphatic rings. The fraction of sp³-hybridized carbons (Fsp3) is 0.541. The van der Waals surface area contributed by atoms with E-state index in [9.17, 15) is 29.1 Å². The second kappa shape index (κ2) is 19.7. The van der Waals surface area contributed by atoms with Gasteiger partial charge >= 0.3 is 5.97 Å². The Bertz CT molecular complexity index is 1300. The van der Waals surface area contributed by atoms with E-state index in [1.54, 1.807) is 0 Å². The molecule has 7 N–H and O–H groups in total. The van der Waals surface area contributed by atoms with Crippen molar-refractivity contribution in [2.24, 2.45) is 29.2 Å². The first kappa shape index (κ1) is 37.6. The van der Waals surface area contributed by atoms with Gasteiger partial charge in [0.1, 0.15) is 0 Å². The summed E-state index contributed by atoms with van der Waals surface area (Å²) in [4.78, 5) is 65.6. The van der Waals surface area contributed by atoms with E-state index < -0.39 is 41.7 Å². The number of hydrogen-bond acceptors (Lipinski definition) is 7. The van der Waals surface area contributed by atoms with Crippen LogP contribution in [-0.4, -0.2) is 59.1 Å². The monoisotopic (exact) mass is 648 g/mol. The van der Waals surface area contributed by atoms with Gasteiger partial charge in [-0.25, -0.2) is 0 Å². The topological polar surface area (TPSA) is 182 Å². The number of carbonyl (C=O) groups is 5. The standard InChI is InChI=1S/C37H52N4O6/c1-2-3-16-32(34(43)23-27(15-10-19-38)35(44)40-30-18-17-28(22-30)37(46)47)41-36(45)29(20-25-11-6-4-7-12-25)24-33(42)31(39)21-26-13-8-5-9-14-26/h4-9,11-14,27-32H,2-3,10,15-24,38-39H2,1H3,(H,40,44)(H,41,45)(H,46,47)/t27-,28-,29-,30-,31+,32+/m0/s1. The molecule has 2 amide bonds. The molecule has 0 bridgehead atoms. The average molecular weight is 649 g/mol. The normalized spacial score (nSPS) is 18.4. The lowest BCUT2D eigenvalue weighted by Crippen LogP contribution is -2.47. The Morgan fingerprint density at radius 2 is 1.43 bits per heavy atom. The largest absolute Gasteiger partial charge is 0.481 e. The summed E-state index contributed by atoms with van der Waals surface area (Å²) >= 11 is 0. The van der Waals surface area contributed by atoms with Crippen LogP contribution in [0.4, 0.5) is 0 Å². The summed E-state index contributed by atoms with van der Waals surface area (Å²) in [5.41, 5.74) is 13.9. The van der Waals surface area contributed by atoms with Gasteiger partial charge in [-0.2, -0.15) is 0 Å². The molecule has 6 atom stereocenters. The molecule has 0 aliphatic heterocycles. The molecule has 2 aromatic rings. The van der Waals surface area contributed by atoms with E-state index in [1.165, 1.54) is 0 Å². The molecule has 0 aromatic heterocycles. The van der Waals surface area contributed by atoms with Gasteiger partial charge in [0.2, 0.25) is 11.8 Å². The van der Waals surface area contributed by atoms with E-state index in [0.29, 0.717) is 64.3 Å². The molecule has 0 saturated heterocycles. The first-order valence-corrected chi connectivity index (χ1v) is 17.0. The van der Waals surface area contributed by atoms with Crippen molar-refractivity contribution in [2.75, 3.05) is 6.54 Å². The Labute approximate surface area is 278 Å². The molecule has 47 heavy (non-hydrogen) atoms. The summed E-state index contributed by atoms with van der Waals surface area (Å²) in [5.74, 6) is -3.88. The maximum atomic E-state index is 13.8. The summed E-state index contributed by atoms with van der Waals surface area (Å²) in [7, 11) is 0. The SMILES string of the molecule is CCCC[C@@H](NC(=O)[C@H](CC(=O)[C@H](N)Cc1ccccc1)Cc1ccccc1)C(=O)C[C@H](CCCN)C(=O)N[C@H]1CC[C@H](C(=O)O)C1. The Morgan fingerprint density at radius 3 is 2.00 bits per heavy atom. The van der Waals surface area contributed by atoms with Crippen LogP contribution in [0.2, 0.25) is 0 Å². The minimum absolute atomic E-state index is 0.0658. The van der Waals surface area contributed by atoms with Crippen molar-refractivity contribution in [3.63, 3.8) is 0 Å². The lowest BCUT2D eigenvalue weighted by Gasteiger charge is -2.25.